The third-order valence-electron chi connectivity index (χ3n) is 4.81. The lowest BCUT2D eigenvalue weighted by atomic mass is 10.1. The van der Waals surface area contributed by atoms with Crippen LogP contribution in [0.3, 0.4) is 0 Å². The summed E-state index contributed by atoms with van der Waals surface area (Å²) in [7, 11) is -2.17. The van der Waals surface area contributed by atoms with Crippen molar-refractivity contribution >= 4 is 14.3 Å². The molecule has 2 rings (SSSR count). The minimum absolute atomic E-state index is 0.0467. The zero-order valence-electron chi connectivity index (χ0n) is 15.1. The van der Waals surface area contributed by atoms with E-state index in [9.17, 15) is 9.90 Å². The minimum atomic E-state index is -2.17. The van der Waals surface area contributed by atoms with E-state index in [2.05, 4.69) is 20.8 Å². The van der Waals surface area contributed by atoms with Crippen molar-refractivity contribution in [3.63, 3.8) is 0 Å². The first-order chi connectivity index (χ1) is 11.1. The molecule has 0 bridgehead atoms. The molecule has 6 heteroatoms. The third kappa shape index (κ3) is 4.45. The fourth-order valence-corrected chi connectivity index (χ4v) is 3.46. The summed E-state index contributed by atoms with van der Waals surface area (Å²) < 4.78 is 16.9. The van der Waals surface area contributed by atoms with Crippen molar-refractivity contribution in [2.24, 2.45) is 0 Å². The highest BCUT2D eigenvalue weighted by atomic mass is 28.4. The van der Waals surface area contributed by atoms with E-state index in [1.165, 1.54) is 0 Å². The number of aliphatic hydroxyl groups excluding tert-OH is 1. The van der Waals surface area contributed by atoms with Gasteiger partial charge in [0.15, 0.2) is 20.5 Å². The second-order valence-electron chi connectivity index (χ2n) is 7.77. The summed E-state index contributed by atoms with van der Waals surface area (Å²) in [4.78, 5) is 12.1. The molecule has 1 aromatic carbocycles. The highest BCUT2D eigenvalue weighted by molar-refractivity contribution is 6.74. The molecule has 0 radical (unpaired) electrons. The summed E-state index contributed by atoms with van der Waals surface area (Å²) >= 11 is 0. The van der Waals surface area contributed by atoms with Crippen molar-refractivity contribution < 1.29 is 23.8 Å². The van der Waals surface area contributed by atoms with Crippen molar-refractivity contribution in [2.45, 2.75) is 63.8 Å². The largest absolute Gasteiger partial charge is 0.455 e. The van der Waals surface area contributed by atoms with Gasteiger partial charge in [-0.3, -0.25) is 0 Å². The van der Waals surface area contributed by atoms with Crippen LogP contribution in [-0.4, -0.2) is 44.3 Å². The van der Waals surface area contributed by atoms with E-state index in [-0.39, 0.29) is 11.6 Å². The van der Waals surface area contributed by atoms with Gasteiger partial charge in [-0.2, -0.15) is 0 Å². The van der Waals surface area contributed by atoms with Crippen LogP contribution in [-0.2, 0) is 25.3 Å². The summed E-state index contributed by atoms with van der Waals surface area (Å²) in [6.45, 7) is 10.9. The first-order valence-corrected chi connectivity index (χ1v) is 11.2. The quantitative estimate of drug-likeness (QED) is 0.630. The molecule has 1 saturated heterocycles. The third-order valence-corrected chi connectivity index (χ3v) is 9.27. The van der Waals surface area contributed by atoms with Crippen LogP contribution in [0.1, 0.15) is 26.3 Å². The van der Waals surface area contributed by atoms with E-state index >= 15 is 0 Å². The standard InChI is InChI=1S/C18H28O5Si/c1-18(2,3)24(4,5)23-16-15(19)14(22-17(16)20)12-21-11-13-9-7-6-8-10-13/h6-10,14-16,19H,11-12H2,1-5H3/t14-,15-,16-/m1/s1. The van der Waals surface area contributed by atoms with Crippen LogP contribution < -0.4 is 0 Å². The molecule has 24 heavy (non-hydrogen) atoms. The van der Waals surface area contributed by atoms with E-state index in [0.29, 0.717) is 6.61 Å². The molecule has 0 amide bonds. The van der Waals surface area contributed by atoms with Crippen molar-refractivity contribution in [1.82, 2.24) is 0 Å². The summed E-state index contributed by atoms with van der Waals surface area (Å²) in [5.74, 6) is -0.499. The lowest BCUT2D eigenvalue weighted by Crippen LogP contribution is -2.48. The molecule has 0 saturated carbocycles. The van der Waals surface area contributed by atoms with Gasteiger partial charge in [0.25, 0.3) is 0 Å². The molecule has 1 heterocycles. The van der Waals surface area contributed by atoms with E-state index < -0.39 is 32.6 Å². The monoisotopic (exact) mass is 352 g/mol. The molecule has 5 nitrogen and oxygen atoms in total. The second kappa shape index (κ2) is 7.35. The number of aliphatic hydroxyl groups is 1. The summed E-state index contributed by atoms with van der Waals surface area (Å²) in [5, 5.41) is 10.4. The van der Waals surface area contributed by atoms with Crippen LogP contribution in [0.5, 0.6) is 0 Å². The predicted octanol–water partition coefficient (Wildman–Crippen LogP) is 2.88. The number of cyclic esters (lactones) is 1. The predicted molar refractivity (Wildman–Crippen MR) is 94.1 cm³/mol. The molecule has 1 aliphatic rings. The van der Waals surface area contributed by atoms with Gasteiger partial charge in [0.1, 0.15) is 6.10 Å². The van der Waals surface area contributed by atoms with Crippen LogP contribution in [0, 0.1) is 0 Å². The molecular weight excluding hydrogens is 324 g/mol. The number of rotatable bonds is 6. The maximum Gasteiger partial charge on any atom is 0.337 e. The van der Waals surface area contributed by atoms with Gasteiger partial charge in [-0.15, -0.1) is 0 Å². The van der Waals surface area contributed by atoms with Gasteiger partial charge < -0.3 is 19.0 Å². The Morgan fingerprint density at radius 3 is 2.42 bits per heavy atom. The van der Waals surface area contributed by atoms with Crippen molar-refractivity contribution in [1.29, 1.82) is 0 Å². The van der Waals surface area contributed by atoms with Gasteiger partial charge >= 0.3 is 5.97 Å². The summed E-state index contributed by atoms with van der Waals surface area (Å²) in [5.41, 5.74) is 1.03. The SMILES string of the molecule is CC(C)(C)[Si](C)(C)O[C@H]1C(=O)O[C@H](COCc2ccccc2)[C@H]1O. The lowest BCUT2D eigenvalue weighted by molar-refractivity contribution is -0.148. The van der Waals surface area contributed by atoms with Crippen molar-refractivity contribution in [2.75, 3.05) is 6.61 Å². The van der Waals surface area contributed by atoms with Crippen LogP contribution in [0.15, 0.2) is 30.3 Å². The Labute approximate surface area is 145 Å². The zero-order valence-corrected chi connectivity index (χ0v) is 16.1. The number of benzene rings is 1. The topological polar surface area (TPSA) is 65.0 Å². The van der Waals surface area contributed by atoms with Crippen molar-refractivity contribution in [3.05, 3.63) is 35.9 Å². The smallest absolute Gasteiger partial charge is 0.337 e. The Kier molecular flexibility index (Phi) is 5.85. The molecule has 0 aromatic heterocycles. The van der Waals surface area contributed by atoms with E-state index in [1.54, 1.807) is 0 Å². The van der Waals surface area contributed by atoms with Crippen LogP contribution >= 0.6 is 0 Å². The van der Waals surface area contributed by atoms with Crippen LogP contribution in [0.25, 0.3) is 0 Å². The number of hydrogen-bond acceptors (Lipinski definition) is 5. The van der Waals surface area contributed by atoms with Gasteiger partial charge in [0.05, 0.1) is 13.2 Å². The number of ether oxygens (including phenoxy) is 2. The molecule has 0 aliphatic carbocycles. The minimum Gasteiger partial charge on any atom is -0.455 e. The van der Waals surface area contributed by atoms with Gasteiger partial charge in [0.2, 0.25) is 0 Å². The molecule has 1 aromatic rings. The summed E-state index contributed by atoms with van der Waals surface area (Å²) in [6.07, 6.45) is -2.60. The van der Waals surface area contributed by atoms with Gasteiger partial charge in [-0.05, 0) is 23.7 Å². The highest BCUT2D eigenvalue weighted by Gasteiger charge is 2.49. The normalized spacial score (nSPS) is 24.9. The molecule has 0 spiro atoms. The van der Waals surface area contributed by atoms with Crippen LogP contribution in [0.2, 0.25) is 18.1 Å². The Balaban J connectivity index is 1.90. The van der Waals surface area contributed by atoms with E-state index in [4.69, 9.17) is 13.9 Å². The first kappa shape index (κ1) is 19.1. The molecule has 1 N–H and O–H groups in total. The molecule has 3 atom stereocenters. The second-order valence-corrected chi connectivity index (χ2v) is 12.5. The zero-order chi connectivity index (χ0) is 18.0. The maximum atomic E-state index is 12.1. The number of hydrogen-bond donors (Lipinski definition) is 1. The maximum absolute atomic E-state index is 12.1. The van der Waals surface area contributed by atoms with Crippen LogP contribution in [0.4, 0.5) is 0 Å². The molecule has 0 unspecified atom stereocenters. The highest BCUT2D eigenvalue weighted by Crippen LogP contribution is 2.38. The number of carbonyl (C=O) groups excluding carboxylic acids is 1. The van der Waals surface area contributed by atoms with Gasteiger partial charge in [0, 0.05) is 0 Å². The molecular formula is C18H28O5Si. The average molecular weight is 353 g/mol. The Bertz CT molecular complexity index is 552. The number of esters is 1. The molecule has 134 valence electrons. The van der Waals surface area contributed by atoms with Gasteiger partial charge in [-0.1, -0.05) is 51.1 Å². The fraction of sp³-hybridized carbons (Fsp3) is 0.611. The first-order valence-electron chi connectivity index (χ1n) is 8.30. The average Bonchev–Trinajstić information content (AvgIpc) is 2.75. The Morgan fingerprint density at radius 2 is 1.83 bits per heavy atom. The lowest BCUT2D eigenvalue weighted by Gasteiger charge is -2.38. The van der Waals surface area contributed by atoms with E-state index in [0.717, 1.165) is 5.56 Å². The fourth-order valence-electron chi connectivity index (χ4n) is 2.23. The Hall–Kier alpha value is -1.21. The molecule has 1 aliphatic heterocycles. The van der Waals surface area contributed by atoms with E-state index in [1.807, 2.05) is 43.4 Å². The van der Waals surface area contributed by atoms with Crippen molar-refractivity contribution in [3.8, 4) is 0 Å². The van der Waals surface area contributed by atoms with Gasteiger partial charge in [-0.25, -0.2) is 4.79 Å². The molecule has 1 fully saturated rings. The number of carbonyl (C=O) groups is 1. The Morgan fingerprint density at radius 1 is 1.21 bits per heavy atom. The summed E-state index contributed by atoms with van der Waals surface area (Å²) in [6, 6.07) is 9.73.